The van der Waals surface area contributed by atoms with Crippen LogP contribution in [-0.4, -0.2) is 41.8 Å². The van der Waals surface area contributed by atoms with Crippen LogP contribution >= 0.6 is 0 Å². The molecule has 7 nitrogen and oxygen atoms in total. The highest BCUT2D eigenvalue weighted by Crippen LogP contribution is 1.90. The van der Waals surface area contributed by atoms with E-state index in [1.54, 1.807) is 0 Å². The van der Waals surface area contributed by atoms with Gasteiger partial charge in [0.15, 0.2) is 0 Å². The molecule has 0 radical (unpaired) electrons. The SMILES string of the molecule is NCC(N=C(N)CO)C(=O)C(N)=O. The van der Waals surface area contributed by atoms with Gasteiger partial charge in [-0.15, -0.1) is 0 Å². The first kappa shape index (κ1) is 11.5. The molecule has 0 spiro atoms. The number of hydrogen-bond donors (Lipinski definition) is 4. The summed E-state index contributed by atoms with van der Waals surface area (Å²) in [4.78, 5) is 24.8. The fourth-order valence-corrected chi connectivity index (χ4v) is 0.624. The zero-order valence-corrected chi connectivity index (χ0v) is 6.93. The van der Waals surface area contributed by atoms with Crippen molar-refractivity contribution in [2.24, 2.45) is 22.2 Å². The van der Waals surface area contributed by atoms with Gasteiger partial charge in [-0.3, -0.25) is 14.6 Å². The van der Waals surface area contributed by atoms with Crippen LogP contribution in [0.3, 0.4) is 0 Å². The molecule has 7 N–H and O–H groups in total. The van der Waals surface area contributed by atoms with Crippen LogP contribution in [0.15, 0.2) is 4.99 Å². The minimum absolute atomic E-state index is 0.162. The van der Waals surface area contributed by atoms with E-state index in [-0.39, 0.29) is 12.4 Å². The number of aliphatic hydroxyl groups is 1. The van der Waals surface area contributed by atoms with Gasteiger partial charge in [0.25, 0.3) is 5.91 Å². The summed E-state index contributed by atoms with van der Waals surface area (Å²) in [7, 11) is 0. The van der Waals surface area contributed by atoms with Crippen LogP contribution in [0.1, 0.15) is 0 Å². The van der Waals surface area contributed by atoms with E-state index in [0.717, 1.165) is 0 Å². The zero-order valence-electron chi connectivity index (χ0n) is 6.93. The van der Waals surface area contributed by atoms with Gasteiger partial charge in [-0.1, -0.05) is 0 Å². The van der Waals surface area contributed by atoms with Gasteiger partial charge in [0.1, 0.15) is 18.5 Å². The van der Waals surface area contributed by atoms with Gasteiger partial charge >= 0.3 is 0 Å². The molecule has 0 aliphatic carbocycles. The lowest BCUT2D eigenvalue weighted by molar-refractivity contribution is -0.136. The third-order valence-electron chi connectivity index (χ3n) is 1.25. The lowest BCUT2D eigenvalue weighted by Crippen LogP contribution is -2.39. The first-order valence-electron chi connectivity index (χ1n) is 3.49. The third kappa shape index (κ3) is 3.63. The Labute approximate surface area is 74.6 Å². The average Bonchev–Trinajstić information content (AvgIpc) is 2.12. The molecule has 0 saturated heterocycles. The van der Waals surface area contributed by atoms with E-state index >= 15 is 0 Å². The number of primary amides is 1. The predicted octanol–water partition coefficient (Wildman–Crippen LogP) is -3.28. The monoisotopic (exact) mass is 188 g/mol. The smallest absolute Gasteiger partial charge is 0.287 e. The number of amidine groups is 1. The minimum atomic E-state index is -1.12. The van der Waals surface area contributed by atoms with Crippen LogP contribution in [-0.2, 0) is 9.59 Å². The quantitative estimate of drug-likeness (QED) is 0.203. The van der Waals surface area contributed by atoms with Crippen molar-refractivity contribution < 1.29 is 14.7 Å². The number of nitrogens with zero attached hydrogens (tertiary/aromatic N) is 1. The standard InChI is InChI=1S/C6H12N4O3/c7-1-3(5(12)6(9)13)10-4(8)2-11/h3,11H,1-2,7H2,(H2,8,10)(H2,9,13). The van der Waals surface area contributed by atoms with Crippen molar-refractivity contribution in [3.8, 4) is 0 Å². The molecule has 0 aromatic heterocycles. The molecule has 13 heavy (non-hydrogen) atoms. The number of Topliss-reactive ketones (excluding diaryl/α,β-unsaturated/α-hetero) is 1. The summed E-state index contributed by atoms with van der Waals surface area (Å²) in [6, 6.07) is -1.09. The van der Waals surface area contributed by atoms with Gasteiger partial charge in [0.2, 0.25) is 5.78 Å². The van der Waals surface area contributed by atoms with Gasteiger partial charge in [-0.25, -0.2) is 0 Å². The maximum atomic E-state index is 10.9. The summed E-state index contributed by atoms with van der Waals surface area (Å²) < 4.78 is 0. The lowest BCUT2D eigenvalue weighted by Gasteiger charge is -2.06. The third-order valence-corrected chi connectivity index (χ3v) is 1.25. The first-order chi connectivity index (χ1) is 6.02. The molecule has 74 valence electrons. The van der Waals surface area contributed by atoms with Crippen LogP contribution in [0, 0.1) is 0 Å². The molecule has 0 aromatic carbocycles. The second-order valence-corrected chi connectivity index (χ2v) is 2.26. The Kier molecular flexibility index (Phi) is 4.63. The van der Waals surface area contributed by atoms with Gasteiger partial charge < -0.3 is 22.3 Å². The molecule has 7 heteroatoms. The summed E-state index contributed by atoms with van der Waals surface area (Å²) in [6.07, 6.45) is 0. The van der Waals surface area contributed by atoms with Crippen molar-refractivity contribution in [3.05, 3.63) is 0 Å². The second-order valence-electron chi connectivity index (χ2n) is 2.26. The van der Waals surface area contributed by atoms with Gasteiger partial charge in [-0.2, -0.15) is 0 Å². The second kappa shape index (κ2) is 5.22. The molecular formula is C6H12N4O3. The molecule has 0 rings (SSSR count). The summed E-state index contributed by atoms with van der Waals surface area (Å²) in [5, 5.41) is 8.48. The van der Waals surface area contributed by atoms with E-state index in [2.05, 4.69) is 4.99 Å². The number of ketones is 1. The minimum Gasteiger partial charge on any atom is -0.388 e. The lowest BCUT2D eigenvalue weighted by atomic mass is 10.2. The summed E-state index contributed by atoms with van der Waals surface area (Å²) >= 11 is 0. The molecule has 1 unspecified atom stereocenters. The first-order valence-corrected chi connectivity index (χ1v) is 3.49. The van der Waals surface area contributed by atoms with Crippen LogP contribution in [0.4, 0.5) is 0 Å². The maximum Gasteiger partial charge on any atom is 0.287 e. The van der Waals surface area contributed by atoms with E-state index in [4.69, 9.17) is 22.3 Å². The van der Waals surface area contributed by atoms with Crippen LogP contribution in [0.2, 0.25) is 0 Å². The molecule has 0 bridgehead atoms. The van der Waals surface area contributed by atoms with Crippen molar-refractivity contribution in [2.75, 3.05) is 13.2 Å². The van der Waals surface area contributed by atoms with Gasteiger partial charge in [0.05, 0.1) is 0 Å². The average molecular weight is 188 g/mol. The van der Waals surface area contributed by atoms with Crippen LogP contribution < -0.4 is 17.2 Å². The highest BCUT2D eigenvalue weighted by molar-refractivity contribution is 6.37. The van der Waals surface area contributed by atoms with E-state index < -0.39 is 24.3 Å². The van der Waals surface area contributed by atoms with Crippen LogP contribution in [0.5, 0.6) is 0 Å². The van der Waals surface area contributed by atoms with Crippen molar-refractivity contribution in [2.45, 2.75) is 6.04 Å². The van der Waals surface area contributed by atoms with Gasteiger partial charge in [0, 0.05) is 6.54 Å². The summed E-state index contributed by atoms with van der Waals surface area (Å²) in [5.74, 6) is -2.20. The fourth-order valence-electron chi connectivity index (χ4n) is 0.624. The molecule has 0 aliphatic heterocycles. The molecule has 1 atom stereocenters. The van der Waals surface area contributed by atoms with Crippen molar-refractivity contribution in [1.29, 1.82) is 0 Å². The number of amides is 1. The number of hydrogen-bond acceptors (Lipinski definition) is 5. The molecule has 0 fully saturated rings. The normalized spacial score (nSPS) is 13.8. The Balaban J connectivity index is 4.52. The Morgan fingerprint density at radius 1 is 1.38 bits per heavy atom. The Morgan fingerprint density at radius 2 is 1.92 bits per heavy atom. The number of nitrogens with two attached hydrogens (primary N) is 3. The molecule has 0 aliphatic rings. The van der Waals surface area contributed by atoms with E-state index in [1.165, 1.54) is 0 Å². The highest BCUT2D eigenvalue weighted by Gasteiger charge is 2.20. The number of carbonyl (C=O) groups is 2. The largest absolute Gasteiger partial charge is 0.388 e. The molecule has 0 heterocycles. The van der Waals surface area contributed by atoms with Crippen molar-refractivity contribution >= 4 is 17.5 Å². The van der Waals surface area contributed by atoms with E-state index in [1.807, 2.05) is 0 Å². The Hall–Kier alpha value is -1.47. The summed E-state index contributed by atoms with van der Waals surface area (Å²) in [5.41, 5.74) is 15.0. The number of rotatable bonds is 5. The van der Waals surface area contributed by atoms with Crippen molar-refractivity contribution in [1.82, 2.24) is 0 Å². The van der Waals surface area contributed by atoms with E-state index in [9.17, 15) is 9.59 Å². The number of aliphatic hydroxyl groups excluding tert-OH is 1. The van der Waals surface area contributed by atoms with Gasteiger partial charge in [-0.05, 0) is 0 Å². The Morgan fingerprint density at radius 3 is 2.23 bits per heavy atom. The molecule has 0 saturated carbocycles. The molecule has 1 amide bonds. The number of carbonyl (C=O) groups excluding carboxylic acids is 2. The topological polar surface area (TPSA) is 145 Å². The molecule has 0 aromatic rings. The fraction of sp³-hybridized carbons (Fsp3) is 0.500. The zero-order chi connectivity index (χ0) is 10.4. The molecular weight excluding hydrogens is 176 g/mol. The Bertz CT molecular complexity index is 238. The maximum absolute atomic E-state index is 10.9. The highest BCUT2D eigenvalue weighted by atomic mass is 16.3. The van der Waals surface area contributed by atoms with E-state index in [0.29, 0.717) is 0 Å². The summed E-state index contributed by atoms with van der Waals surface area (Å²) in [6.45, 7) is -0.676. The van der Waals surface area contributed by atoms with Crippen LogP contribution in [0.25, 0.3) is 0 Å². The number of aliphatic imine (C=N–C) groups is 1. The van der Waals surface area contributed by atoms with Crippen molar-refractivity contribution in [3.63, 3.8) is 0 Å². The predicted molar refractivity (Wildman–Crippen MR) is 45.8 cm³/mol.